The van der Waals surface area contributed by atoms with Gasteiger partial charge in [0, 0.05) is 16.9 Å². The van der Waals surface area contributed by atoms with Gasteiger partial charge in [0.05, 0.1) is 13.2 Å². The Bertz CT molecular complexity index is 1340. The first-order chi connectivity index (χ1) is 16.7. The molecule has 1 fully saturated rings. The lowest BCUT2D eigenvalue weighted by molar-refractivity contribution is -0.131. The predicted molar refractivity (Wildman–Crippen MR) is 135 cm³/mol. The summed E-state index contributed by atoms with van der Waals surface area (Å²) in [7, 11) is 1.58. The van der Waals surface area contributed by atoms with Crippen LogP contribution in [0.4, 0.5) is 16.2 Å². The molecule has 2 heterocycles. The molecule has 3 atom stereocenters. The van der Waals surface area contributed by atoms with Gasteiger partial charge in [-0.15, -0.1) is 0 Å². The van der Waals surface area contributed by atoms with Crippen LogP contribution in [-0.4, -0.2) is 24.8 Å². The lowest BCUT2D eigenvalue weighted by Gasteiger charge is -2.54. The van der Waals surface area contributed by atoms with E-state index in [2.05, 4.69) is 10.6 Å². The van der Waals surface area contributed by atoms with Gasteiger partial charge in [0.1, 0.15) is 5.92 Å². The van der Waals surface area contributed by atoms with Crippen molar-refractivity contribution in [2.24, 2.45) is 5.92 Å². The van der Waals surface area contributed by atoms with E-state index < -0.39 is 17.7 Å². The Morgan fingerprint density at radius 1 is 1.06 bits per heavy atom. The fraction of sp³-hybridized carbons (Fsp3) is 0.286. The fourth-order valence-electron chi connectivity index (χ4n) is 5.25. The second-order valence-corrected chi connectivity index (χ2v) is 9.42. The number of anilines is 2. The van der Waals surface area contributed by atoms with Crippen molar-refractivity contribution in [2.45, 2.75) is 39.5 Å². The normalized spacial score (nSPS) is 22.5. The first-order valence-corrected chi connectivity index (χ1v) is 11.6. The first-order valence-electron chi connectivity index (χ1n) is 11.6. The molecule has 1 saturated heterocycles. The minimum Gasteiger partial charge on any atom is -0.493 e. The third-order valence-corrected chi connectivity index (χ3v) is 6.89. The third kappa shape index (κ3) is 3.67. The summed E-state index contributed by atoms with van der Waals surface area (Å²) in [6.07, 6.45) is 0. The molecule has 7 nitrogen and oxygen atoms in total. The van der Waals surface area contributed by atoms with Gasteiger partial charge in [-0.2, -0.15) is 0 Å². The molecule has 3 aromatic carbocycles. The summed E-state index contributed by atoms with van der Waals surface area (Å²) in [4.78, 5) is 29.0. The van der Waals surface area contributed by atoms with Gasteiger partial charge in [-0.05, 0) is 63.1 Å². The van der Waals surface area contributed by atoms with E-state index in [0.29, 0.717) is 22.7 Å². The Balaban J connectivity index is 1.65. The van der Waals surface area contributed by atoms with E-state index in [1.807, 2.05) is 81.4 Å². The Morgan fingerprint density at radius 2 is 1.80 bits per heavy atom. The summed E-state index contributed by atoms with van der Waals surface area (Å²) >= 11 is 0. The molecule has 0 saturated carbocycles. The van der Waals surface area contributed by atoms with Gasteiger partial charge >= 0.3 is 6.03 Å². The zero-order valence-corrected chi connectivity index (χ0v) is 20.5. The van der Waals surface area contributed by atoms with Gasteiger partial charge in [0.25, 0.3) is 0 Å². The molecule has 0 unspecified atom stereocenters. The molecule has 2 bridgehead atoms. The van der Waals surface area contributed by atoms with E-state index in [1.54, 1.807) is 14.0 Å². The van der Waals surface area contributed by atoms with Crippen molar-refractivity contribution < 1.29 is 19.1 Å². The van der Waals surface area contributed by atoms with Crippen molar-refractivity contribution in [3.63, 3.8) is 0 Å². The second-order valence-electron chi connectivity index (χ2n) is 9.42. The molecule has 0 spiro atoms. The highest BCUT2D eigenvalue weighted by molar-refractivity contribution is 6.02. The zero-order valence-electron chi connectivity index (χ0n) is 20.5. The number of ether oxygens (including phenoxy) is 2. The standard InChI is InChI=1S/C28H29N3O4/c1-16-8-6-9-19(15-16)31-27(33)30-24-20-10-7-11-22(34-5)25(20)35-28(31,4)23(24)26(32)29-21-13-12-17(2)14-18(21)3/h6-15,23-24H,1-5H3,(H,29,32)(H,30,33)/t23-,24+,28+/m0/s1. The van der Waals surface area contributed by atoms with Crippen LogP contribution in [0.5, 0.6) is 11.5 Å². The third-order valence-electron chi connectivity index (χ3n) is 6.89. The van der Waals surface area contributed by atoms with Crippen LogP contribution >= 0.6 is 0 Å². The highest BCUT2D eigenvalue weighted by Crippen LogP contribution is 2.52. The average molecular weight is 472 g/mol. The SMILES string of the molecule is COc1cccc2c1O[C@]1(C)[C@H](C(=O)Nc3ccc(C)cc3C)[C@@H]2NC(=O)N1c1cccc(C)c1. The molecule has 0 aromatic heterocycles. The number of hydrogen-bond donors (Lipinski definition) is 2. The van der Waals surface area contributed by atoms with Crippen LogP contribution in [0.1, 0.15) is 35.2 Å². The zero-order chi connectivity index (χ0) is 24.9. The number of amides is 3. The van der Waals surface area contributed by atoms with Crippen LogP contribution in [0.2, 0.25) is 0 Å². The minimum absolute atomic E-state index is 0.240. The van der Waals surface area contributed by atoms with Crippen LogP contribution in [0.25, 0.3) is 0 Å². The molecule has 35 heavy (non-hydrogen) atoms. The summed E-state index contributed by atoms with van der Waals surface area (Å²) in [6, 6.07) is 18.1. The van der Waals surface area contributed by atoms with Crippen LogP contribution in [0.15, 0.2) is 60.7 Å². The maximum absolute atomic E-state index is 13.9. The largest absolute Gasteiger partial charge is 0.493 e. The highest BCUT2D eigenvalue weighted by atomic mass is 16.5. The lowest BCUT2D eigenvalue weighted by Crippen LogP contribution is -2.72. The van der Waals surface area contributed by atoms with Crippen molar-refractivity contribution in [3.8, 4) is 11.5 Å². The Labute approximate surface area is 205 Å². The van der Waals surface area contributed by atoms with E-state index in [4.69, 9.17) is 9.47 Å². The van der Waals surface area contributed by atoms with Crippen LogP contribution in [0, 0.1) is 26.7 Å². The lowest BCUT2D eigenvalue weighted by atomic mass is 9.78. The summed E-state index contributed by atoms with van der Waals surface area (Å²) in [5.41, 5.74) is 3.84. The number of hydrogen-bond acceptors (Lipinski definition) is 4. The van der Waals surface area contributed by atoms with E-state index >= 15 is 0 Å². The molecule has 3 aromatic rings. The molecule has 180 valence electrons. The Morgan fingerprint density at radius 3 is 2.51 bits per heavy atom. The second kappa shape index (κ2) is 8.34. The molecule has 2 N–H and O–H groups in total. The van der Waals surface area contributed by atoms with Gasteiger partial charge < -0.3 is 20.1 Å². The number of methoxy groups -OCH3 is 1. The number of fused-ring (bicyclic) bond motifs is 4. The summed E-state index contributed by atoms with van der Waals surface area (Å²) in [6.45, 7) is 7.73. The quantitative estimate of drug-likeness (QED) is 0.544. The van der Waals surface area contributed by atoms with Gasteiger partial charge in [-0.3, -0.25) is 9.69 Å². The maximum Gasteiger partial charge on any atom is 0.325 e. The number of urea groups is 1. The van der Waals surface area contributed by atoms with E-state index in [0.717, 1.165) is 22.4 Å². The molecule has 0 radical (unpaired) electrons. The number of aryl methyl sites for hydroxylation is 3. The molecule has 2 aliphatic heterocycles. The van der Waals surface area contributed by atoms with Gasteiger partial charge in [-0.1, -0.05) is 42.0 Å². The van der Waals surface area contributed by atoms with E-state index in [-0.39, 0.29) is 11.9 Å². The molecule has 5 rings (SSSR count). The Kier molecular flexibility index (Phi) is 5.43. The number of para-hydroxylation sites is 1. The maximum atomic E-state index is 13.9. The van der Waals surface area contributed by atoms with Gasteiger partial charge in [0.15, 0.2) is 11.5 Å². The number of nitrogens with zero attached hydrogens (tertiary/aromatic N) is 1. The molecule has 3 amide bonds. The van der Waals surface area contributed by atoms with Crippen LogP contribution in [0.3, 0.4) is 0 Å². The number of carbonyl (C=O) groups excluding carboxylic acids is 2. The predicted octanol–water partition coefficient (Wildman–Crippen LogP) is 5.25. The number of carbonyl (C=O) groups is 2. The van der Waals surface area contributed by atoms with Gasteiger partial charge in [-0.25, -0.2) is 4.79 Å². The highest BCUT2D eigenvalue weighted by Gasteiger charge is 2.60. The van der Waals surface area contributed by atoms with Gasteiger partial charge in [0.2, 0.25) is 11.6 Å². The average Bonchev–Trinajstić information content (AvgIpc) is 2.80. The topological polar surface area (TPSA) is 79.9 Å². The van der Waals surface area contributed by atoms with Crippen LogP contribution in [-0.2, 0) is 4.79 Å². The molecule has 0 aliphatic carbocycles. The summed E-state index contributed by atoms with van der Waals surface area (Å²) in [5, 5.41) is 6.17. The summed E-state index contributed by atoms with van der Waals surface area (Å²) < 4.78 is 12.2. The van der Waals surface area contributed by atoms with E-state index in [9.17, 15) is 9.59 Å². The van der Waals surface area contributed by atoms with Crippen molar-refractivity contribution in [1.82, 2.24) is 5.32 Å². The number of nitrogens with one attached hydrogen (secondary N) is 2. The molecular weight excluding hydrogens is 442 g/mol. The molecular formula is C28H29N3O4. The number of benzene rings is 3. The molecule has 2 aliphatic rings. The van der Waals surface area contributed by atoms with Crippen LogP contribution < -0.4 is 25.0 Å². The van der Waals surface area contributed by atoms with Crippen molar-refractivity contribution in [1.29, 1.82) is 0 Å². The Hall–Kier alpha value is -4.00. The first kappa shape index (κ1) is 22.8. The van der Waals surface area contributed by atoms with Crippen molar-refractivity contribution >= 4 is 23.3 Å². The minimum atomic E-state index is -1.31. The van der Waals surface area contributed by atoms with Crippen molar-refractivity contribution in [3.05, 3.63) is 82.9 Å². The monoisotopic (exact) mass is 471 g/mol. The summed E-state index contributed by atoms with van der Waals surface area (Å²) in [5.74, 6) is 0.0830. The van der Waals surface area contributed by atoms with E-state index in [1.165, 1.54) is 4.90 Å². The number of rotatable bonds is 4. The molecule has 7 heteroatoms. The fourth-order valence-corrected chi connectivity index (χ4v) is 5.25. The smallest absolute Gasteiger partial charge is 0.325 e. The van der Waals surface area contributed by atoms with Crippen molar-refractivity contribution in [2.75, 3.05) is 17.3 Å².